The summed E-state index contributed by atoms with van der Waals surface area (Å²) < 4.78 is 7.61. The topological polar surface area (TPSA) is 80.3 Å². The molecule has 1 aliphatic rings. The van der Waals surface area contributed by atoms with E-state index in [1.807, 2.05) is 12.1 Å². The van der Waals surface area contributed by atoms with Gasteiger partial charge in [0.05, 0.1) is 12.2 Å². The van der Waals surface area contributed by atoms with Crippen LogP contribution in [-0.4, -0.2) is 62.1 Å². The van der Waals surface area contributed by atoms with Gasteiger partial charge in [-0.15, -0.1) is 5.10 Å². The highest BCUT2D eigenvalue weighted by atomic mass is 79.9. The fraction of sp³-hybridized carbons (Fsp3) is 0.294. The first-order valence-corrected chi connectivity index (χ1v) is 9.57. The molecule has 1 saturated heterocycles. The highest BCUT2D eigenvalue weighted by Crippen LogP contribution is 2.18. The van der Waals surface area contributed by atoms with Gasteiger partial charge in [0.1, 0.15) is 0 Å². The van der Waals surface area contributed by atoms with Crippen LogP contribution in [-0.2, 0) is 6.54 Å². The molecular formula is C17H16BrClN6O2. The molecular weight excluding hydrogens is 436 g/mol. The summed E-state index contributed by atoms with van der Waals surface area (Å²) in [5.74, 6) is 1.00. The van der Waals surface area contributed by atoms with Crippen molar-refractivity contribution in [2.45, 2.75) is 6.54 Å². The number of furan rings is 1. The first-order valence-electron chi connectivity index (χ1n) is 8.40. The molecule has 1 aromatic carbocycles. The molecule has 0 unspecified atom stereocenters. The van der Waals surface area contributed by atoms with Crippen LogP contribution < -0.4 is 0 Å². The molecule has 8 nitrogen and oxygen atoms in total. The number of hydrogen-bond donors (Lipinski definition) is 0. The zero-order valence-corrected chi connectivity index (χ0v) is 16.6. The number of benzene rings is 1. The SMILES string of the molecule is O=C(c1ccc(Br)o1)N1CCN(Cc2nnnn2-c2ccc(Cl)cc2)CC1. The molecule has 0 bridgehead atoms. The number of carbonyl (C=O) groups excluding carboxylic acids is 1. The van der Waals surface area contributed by atoms with E-state index in [2.05, 4.69) is 36.4 Å². The fourth-order valence-corrected chi connectivity index (χ4v) is 3.41. The maximum Gasteiger partial charge on any atom is 0.289 e. The number of aromatic nitrogens is 4. The molecule has 0 atom stereocenters. The predicted molar refractivity (Wildman–Crippen MR) is 102 cm³/mol. The summed E-state index contributed by atoms with van der Waals surface area (Å²) in [6.07, 6.45) is 0. The molecule has 0 spiro atoms. The molecule has 2 aromatic heterocycles. The van der Waals surface area contributed by atoms with Crippen molar-refractivity contribution in [1.82, 2.24) is 30.0 Å². The summed E-state index contributed by atoms with van der Waals surface area (Å²) >= 11 is 9.17. The van der Waals surface area contributed by atoms with E-state index in [9.17, 15) is 4.79 Å². The van der Waals surface area contributed by atoms with Crippen LogP contribution in [0.1, 0.15) is 16.4 Å². The number of tetrazole rings is 1. The van der Waals surface area contributed by atoms with Crippen LogP contribution >= 0.6 is 27.5 Å². The summed E-state index contributed by atoms with van der Waals surface area (Å²) in [6, 6.07) is 10.8. The fourth-order valence-electron chi connectivity index (χ4n) is 2.98. The minimum Gasteiger partial charge on any atom is -0.444 e. The Balaban J connectivity index is 1.38. The van der Waals surface area contributed by atoms with Crippen LogP contribution in [0.4, 0.5) is 0 Å². The Bertz CT molecular complexity index is 933. The second-order valence-electron chi connectivity index (χ2n) is 6.16. The van der Waals surface area contributed by atoms with E-state index < -0.39 is 0 Å². The van der Waals surface area contributed by atoms with Crippen molar-refractivity contribution in [3.8, 4) is 5.69 Å². The highest BCUT2D eigenvalue weighted by Gasteiger charge is 2.25. The van der Waals surface area contributed by atoms with Gasteiger partial charge in [-0.2, -0.15) is 4.68 Å². The van der Waals surface area contributed by atoms with Crippen LogP contribution in [0.25, 0.3) is 5.69 Å². The molecule has 1 amide bonds. The second-order valence-corrected chi connectivity index (χ2v) is 7.37. The van der Waals surface area contributed by atoms with Gasteiger partial charge in [0.25, 0.3) is 5.91 Å². The van der Waals surface area contributed by atoms with Gasteiger partial charge in [-0.25, -0.2) is 0 Å². The van der Waals surface area contributed by atoms with E-state index in [-0.39, 0.29) is 5.91 Å². The molecule has 10 heteroatoms. The van der Waals surface area contributed by atoms with Gasteiger partial charge in [-0.3, -0.25) is 9.69 Å². The van der Waals surface area contributed by atoms with Crippen molar-refractivity contribution in [3.05, 3.63) is 57.7 Å². The average Bonchev–Trinajstić information content (AvgIpc) is 3.32. The van der Waals surface area contributed by atoms with E-state index in [0.29, 0.717) is 35.1 Å². The third-order valence-corrected chi connectivity index (χ3v) is 5.09. The van der Waals surface area contributed by atoms with E-state index >= 15 is 0 Å². The van der Waals surface area contributed by atoms with Gasteiger partial charge < -0.3 is 9.32 Å². The van der Waals surface area contributed by atoms with Crippen LogP contribution in [0.5, 0.6) is 0 Å². The van der Waals surface area contributed by atoms with Gasteiger partial charge in [0, 0.05) is 31.2 Å². The Hall–Kier alpha value is -2.23. The average molecular weight is 452 g/mol. The molecule has 1 aliphatic heterocycles. The molecule has 3 heterocycles. The van der Waals surface area contributed by atoms with Gasteiger partial charge >= 0.3 is 0 Å². The molecule has 0 saturated carbocycles. The molecule has 0 N–H and O–H groups in total. The smallest absolute Gasteiger partial charge is 0.289 e. The number of piperazine rings is 1. The lowest BCUT2D eigenvalue weighted by molar-refractivity contribution is 0.0592. The normalized spacial score (nSPS) is 15.3. The van der Waals surface area contributed by atoms with Gasteiger partial charge in [0.15, 0.2) is 16.3 Å². The zero-order chi connectivity index (χ0) is 18.8. The standard InChI is InChI=1S/C17H16BrClN6O2/c18-15-6-5-14(27-15)17(26)24-9-7-23(8-10-24)11-16-20-21-22-25(16)13-3-1-12(19)2-4-13/h1-6H,7-11H2. The second kappa shape index (κ2) is 7.79. The first-order chi connectivity index (χ1) is 13.1. The number of amides is 1. The monoisotopic (exact) mass is 450 g/mol. The third-order valence-electron chi connectivity index (χ3n) is 4.41. The largest absolute Gasteiger partial charge is 0.444 e. The maximum atomic E-state index is 12.4. The van der Waals surface area contributed by atoms with Crippen molar-refractivity contribution < 1.29 is 9.21 Å². The Kier molecular flexibility index (Phi) is 5.24. The molecule has 0 aliphatic carbocycles. The van der Waals surface area contributed by atoms with Crippen molar-refractivity contribution >= 4 is 33.4 Å². The summed E-state index contributed by atoms with van der Waals surface area (Å²) in [7, 11) is 0. The number of hydrogen-bond acceptors (Lipinski definition) is 6. The Morgan fingerprint density at radius 1 is 1.11 bits per heavy atom. The Morgan fingerprint density at radius 3 is 2.52 bits per heavy atom. The number of rotatable bonds is 4. The first kappa shape index (κ1) is 18.1. The molecule has 0 radical (unpaired) electrons. The lowest BCUT2D eigenvalue weighted by Gasteiger charge is -2.33. The van der Waals surface area contributed by atoms with Crippen LogP contribution in [0.15, 0.2) is 45.5 Å². The molecule has 3 aromatic rings. The van der Waals surface area contributed by atoms with E-state index in [1.54, 1.807) is 33.8 Å². The molecule has 1 fully saturated rings. The summed E-state index contributed by atoms with van der Waals surface area (Å²) in [6.45, 7) is 3.32. The summed E-state index contributed by atoms with van der Waals surface area (Å²) in [5.41, 5.74) is 0.858. The van der Waals surface area contributed by atoms with E-state index in [1.165, 1.54) is 0 Å². The van der Waals surface area contributed by atoms with Crippen molar-refractivity contribution in [2.75, 3.05) is 26.2 Å². The van der Waals surface area contributed by atoms with Gasteiger partial charge in [-0.1, -0.05) is 11.6 Å². The van der Waals surface area contributed by atoms with Crippen LogP contribution in [0.2, 0.25) is 5.02 Å². The molecule has 4 rings (SSSR count). The number of halogens is 2. The quantitative estimate of drug-likeness (QED) is 0.607. The number of nitrogens with zero attached hydrogens (tertiary/aromatic N) is 6. The lowest BCUT2D eigenvalue weighted by Crippen LogP contribution is -2.48. The summed E-state index contributed by atoms with van der Waals surface area (Å²) in [4.78, 5) is 16.5. The van der Waals surface area contributed by atoms with Crippen LogP contribution in [0, 0.1) is 0 Å². The highest BCUT2D eigenvalue weighted by molar-refractivity contribution is 9.10. The van der Waals surface area contributed by atoms with Crippen molar-refractivity contribution in [2.24, 2.45) is 0 Å². The van der Waals surface area contributed by atoms with E-state index in [4.69, 9.17) is 16.0 Å². The van der Waals surface area contributed by atoms with Crippen molar-refractivity contribution in [3.63, 3.8) is 0 Å². The zero-order valence-electron chi connectivity index (χ0n) is 14.3. The molecule has 27 heavy (non-hydrogen) atoms. The third kappa shape index (κ3) is 4.05. The van der Waals surface area contributed by atoms with Gasteiger partial charge in [-0.05, 0) is 62.8 Å². The maximum absolute atomic E-state index is 12.4. The Morgan fingerprint density at radius 2 is 1.85 bits per heavy atom. The summed E-state index contributed by atoms with van der Waals surface area (Å²) in [5, 5.41) is 12.7. The minimum absolute atomic E-state index is 0.0913. The van der Waals surface area contributed by atoms with Crippen LogP contribution in [0.3, 0.4) is 0 Å². The predicted octanol–water partition coefficient (Wildman–Crippen LogP) is 2.63. The Labute approximate surface area is 168 Å². The minimum atomic E-state index is -0.0913. The molecule has 140 valence electrons. The number of carbonyl (C=O) groups is 1. The van der Waals surface area contributed by atoms with Crippen molar-refractivity contribution in [1.29, 1.82) is 0 Å². The van der Waals surface area contributed by atoms with Gasteiger partial charge in [0.2, 0.25) is 0 Å². The van der Waals surface area contributed by atoms with E-state index in [0.717, 1.165) is 24.6 Å². The lowest BCUT2D eigenvalue weighted by atomic mass is 10.2.